The average Bonchev–Trinajstić information content (AvgIpc) is 2.75. The third-order valence-corrected chi connectivity index (χ3v) is 4.76. The zero-order chi connectivity index (χ0) is 22.5. The van der Waals surface area contributed by atoms with Crippen molar-refractivity contribution in [2.24, 2.45) is 17.8 Å². The predicted molar refractivity (Wildman–Crippen MR) is 115 cm³/mol. The van der Waals surface area contributed by atoms with Crippen LogP contribution in [0.1, 0.15) is 32.6 Å². The molecule has 180 valence electrons. The Balaban J connectivity index is 4.38. The Morgan fingerprint density at radius 3 is 1.53 bits per heavy atom. The molecule has 0 saturated carbocycles. The van der Waals surface area contributed by atoms with Crippen LogP contribution in [0.15, 0.2) is 0 Å². The molecule has 0 aliphatic rings. The van der Waals surface area contributed by atoms with Crippen LogP contribution in [0, 0.1) is 17.8 Å². The third kappa shape index (κ3) is 17.0. The van der Waals surface area contributed by atoms with E-state index in [-0.39, 0.29) is 17.8 Å². The molecule has 3 unspecified atom stereocenters. The number of ether oxygens (including phenoxy) is 7. The Hall–Kier alpha value is -0.770. The van der Waals surface area contributed by atoms with Crippen molar-refractivity contribution in [2.75, 3.05) is 87.9 Å². The lowest BCUT2D eigenvalue weighted by atomic mass is 10.1. The van der Waals surface area contributed by atoms with Gasteiger partial charge in [-0.1, -0.05) is 6.92 Å². The standard InChI is InChI=1S/C22H44O8/c1-6-22(23)30-18-21(17-29-16-20(14-27-5)8-11-25-3)9-12-28-15-19(13-26-4)7-10-24-2/h19-21H,6-18H2,1-5H3. The predicted octanol–water partition coefficient (Wildman–Crippen LogP) is 2.58. The maximum absolute atomic E-state index is 11.5. The summed E-state index contributed by atoms with van der Waals surface area (Å²) in [6.07, 6.45) is 2.90. The molecule has 0 amide bonds. The summed E-state index contributed by atoms with van der Waals surface area (Å²) >= 11 is 0. The van der Waals surface area contributed by atoms with Gasteiger partial charge < -0.3 is 33.2 Å². The Labute approximate surface area is 182 Å². The minimum absolute atomic E-state index is 0.0889. The number of rotatable bonds is 22. The smallest absolute Gasteiger partial charge is 0.305 e. The Morgan fingerprint density at radius 2 is 1.07 bits per heavy atom. The molecule has 0 heterocycles. The molecule has 0 aliphatic carbocycles. The highest BCUT2D eigenvalue weighted by molar-refractivity contribution is 5.68. The maximum Gasteiger partial charge on any atom is 0.305 e. The topological polar surface area (TPSA) is 81.7 Å². The van der Waals surface area contributed by atoms with Crippen molar-refractivity contribution in [1.29, 1.82) is 0 Å². The zero-order valence-electron chi connectivity index (χ0n) is 19.7. The van der Waals surface area contributed by atoms with E-state index in [1.54, 1.807) is 35.4 Å². The van der Waals surface area contributed by atoms with E-state index in [0.29, 0.717) is 71.8 Å². The first-order valence-corrected chi connectivity index (χ1v) is 10.9. The lowest BCUT2D eigenvalue weighted by molar-refractivity contribution is -0.145. The monoisotopic (exact) mass is 436 g/mol. The van der Waals surface area contributed by atoms with Gasteiger partial charge in [-0.15, -0.1) is 0 Å². The van der Waals surface area contributed by atoms with E-state index < -0.39 is 0 Å². The van der Waals surface area contributed by atoms with Crippen LogP contribution in [0.3, 0.4) is 0 Å². The van der Waals surface area contributed by atoms with Crippen molar-refractivity contribution >= 4 is 5.97 Å². The summed E-state index contributed by atoms with van der Waals surface area (Å²) in [5, 5.41) is 0. The molecule has 0 aromatic heterocycles. The van der Waals surface area contributed by atoms with Crippen LogP contribution in [-0.2, 0) is 38.0 Å². The van der Waals surface area contributed by atoms with Crippen LogP contribution >= 0.6 is 0 Å². The average molecular weight is 437 g/mol. The number of methoxy groups -OCH3 is 4. The number of esters is 1. The van der Waals surface area contributed by atoms with E-state index in [9.17, 15) is 4.79 Å². The van der Waals surface area contributed by atoms with Crippen molar-refractivity contribution < 1.29 is 38.0 Å². The first kappa shape index (κ1) is 29.2. The molecular weight excluding hydrogens is 392 g/mol. The number of hydrogen-bond donors (Lipinski definition) is 0. The van der Waals surface area contributed by atoms with E-state index >= 15 is 0 Å². The molecule has 0 radical (unpaired) electrons. The van der Waals surface area contributed by atoms with Crippen LogP contribution in [0.25, 0.3) is 0 Å². The summed E-state index contributed by atoms with van der Waals surface area (Å²) in [5.74, 6) is 0.475. The summed E-state index contributed by atoms with van der Waals surface area (Å²) in [7, 11) is 6.76. The van der Waals surface area contributed by atoms with Gasteiger partial charge in [-0.05, 0) is 19.3 Å². The highest BCUT2D eigenvalue weighted by Crippen LogP contribution is 2.11. The molecule has 0 aliphatic heterocycles. The number of carbonyl (C=O) groups is 1. The van der Waals surface area contributed by atoms with E-state index in [1.807, 2.05) is 0 Å². The van der Waals surface area contributed by atoms with Crippen LogP contribution in [0.2, 0.25) is 0 Å². The summed E-state index contributed by atoms with van der Waals surface area (Å²) in [6, 6.07) is 0. The molecule has 0 spiro atoms. The maximum atomic E-state index is 11.5. The van der Waals surface area contributed by atoms with Gasteiger partial charge >= 0.3 is 5.97 Å². The summed E-state index contributed by atoms with van der Waals surface area (Å²) in [6.45, 7) is 7.06. The molecule has 8 nitrogen and oxygen atoms in total. The van der Waals surface area contributed by atoms with E-state index in [4.69, 9.17) is 33.2 Å². The van der Waals surface area contributed by atoms with Gasteiger partial charge in [0.25, 0.3) is 0 Å². The second-order valence-electron chi connectivity index (χ2n) is 7.51. The second kappa shape index (κ2) is 21.5. The Bertz CT molecular complexity index is 380. The lowest BCUT2D eigenvalue weighted by Gasteiger charge is -2.21. The van der Waals surface area contributed by atoms with Gasteiger partial charge in [0.2, 0.25) is 0 Å². The third-order valence-electron chi connectivity index (χ3n) is 4.76. The number of hydrogen-bond acceptors (Lipinski definition) is 8. The van der Waals surface area contributed by atoms with E-state index in [1.165, 1.54) is 0 Å². The van der Waals surface area contributed by atoms with E-state index in [0.717, 1.165) is 19.3 Å². The van der Waals surface area contributed by atoms with Gasteiger partial charge in [0.1, 0.15) is 0 Å². The fourth-order valence-electron chi connectivity index (χ4n) is 2.90. The molecule has 0 rings (SSSR count). The molecule has 0 aromatic rings. The summed E-state index contributed by atoms with van der Waals surface area (Å²) in [4.78, 5) is 11.5. The minimum Gasteiger partial charge on any atom is -0.465 e. The van der Waals surface area contributed by atoms with Crippen molar-refractivity contribution in [3.63, 3.8) is 0 Å². The molecule has 0 fully saturated rings. The van der Waals surface area contributed by atoms with Crippen molar-refractivity contribution in [3.05, 3.63) is 0 Å². The summed E-state index contributed by atoms with van der Waals surface area (Å²) < 4.78 is 37.9. The number of carbonyl (C=O) groups excluding carboxylic acids is 1. The van der Waals surface area contributed by atoms with Crippen LogP contribution in [-0.4, -0.2) is 93.9 Å². The molecule has 3 atom stereocenters. The first-order valence-electron chi connectivity index (χ1n) is 10.9. The Morgan fingerprint density at radius 1 is 0.600 bits per heavy atom. The Kier molecular flexibility index (Phi) is 20.9. The minimum atomic E-state index is -0.196. The van der Waals surface area contributed by atoms with Gasteiger partial charge in [0.05, 0.1) is 39.6 Å². The van der Waals surface area contributed by atoms with Crippen molar-refractivity contribution in [2.45, 2.75) is 32.6 Å². The van der Waals surface area contributed by atoms with Gasteiger partial charge in [0.15, 0.2) is 0 Å². The lowest BCUT2D eigenvalue weighted by Crippen LogP contribution is -2.24. The van der Waals surface area contributed by atoms with Crippen LogP contribution in [0.4, 0.5) is 0 Å². The second-order valence-corrected chi connectivity index (χ2v) is 7.51. The molecule has 30 heavy (non-hydrogen) atoms. The summed E-state index contributed by atoms with van der Waals surface area (Å²) in [5.41, 5.74) is 0. The van der Waals surface area contributed by atoms with Gasteiger partial charge in [-0.2, -0.15) is 0 Å². The SMILES string of the molecule is CCC(=O)OCC(CCOCC(CCOC)COC)COCC(CCOC)COC. The fraction of sp³-hybridized carbons (Fsp3) is 0.955. The largest absolute Gasteiger partial charge is 0.465 e. The van der Waals surface area contributed by atoms with Crippen LogP contribution < -0.4 is 0 Å². The fourth-order valence-corrected chi connectivity index (χ4v) is 2.90. The van der Waals surface area contributed by atoms with Gasteiger partial charge in [0, 0.05) is 72.4 Å². The highest BCUT2D eigenvalue weighted by atomic mass is 16.5. The normalized spacial score (nSPS) is 14.4. The first-order chi connectivity index (χ1) is 14.6. The molecule has 0 bridgehead atoms. The van der Waals surface area contributed by atoms with E-state index in [2.05, 4.69) is 0 Å². The van der Waals surface area contributed by atoms with Crippen molar-refractivity contribution in [1.82, 2.24) is 0 Å². The molecule has 0 aromatic carbocycles. The molecule has 0 saturated heterocycles. The molecule has 0 N–H and O–H groups in total. The molecule has 8 heteroatoms. The zero-order valence-corrected chi connectivity index (χ0v) is 19.7. The van der Waals surface area contributed by atoms with Crippen LogP contribution in [0.5, 0.6) is 0 Å². The van der Waals surface area contributed by atoms with Gasteiger partial charge in [-0.25, -0.2) is 0 Å². The van der Waals surface area contributed by atoms with Gasteiger partial charge in [-0.3, -0.25) is 4.79 Å². The van der Waals surface area contributed by atoms with Crippen molar-refractivity contribution in [3.8, 4) is 0 Å². The highest BCUT2D eigenvalue weighted by Gasteiger charge is 2.16. The molecular formula is C22H44O8. The quantitative estimate of drug-likeness (QED) is 0.189.